The lowest BCUT2D eigenvalue weighted by molar-refractivity contribution is -0.138. The van der Waals surface area contributed by atoms with Crippen LogP contribution in [-0.4, -0.2) is 35.6 Å². The van der Waals surface area contributed by atoms with Crippen molar-refractivity contribution in [2.45, 2.75) is 40.0 Å². The molecule has 2 atom stereocenters. The zero-order chi connectivity index (χ0) is 12.1. The number of nitrogens with zero attached hydrogens (tertiary/aromatic N) is 1. The third kappa shape index (κ3) is 3.21. The summed E-state index contributed by atoms with van der Waals surface area (Å²) in [4.78, 5) is 14.1. The molecule has 3 nitrogen and oxygen atoms in total. The van der Waals surface area contributed by atoms with E-state index in [1.54, 1.807) is 0 Å². The summed E-state index contributed by atoms with van der Waals surface area (Å²) in [5.74, 6) is 1.30. The zero-order valence-electron chi connectivity index (χ0n) is 10.8. The summed E-state index contributed by atoms with van der Waals surface area (Å²) < 4.78 is 0. The van der Waals surface area contributed by atoms with E-state index in [4.69, 9.17) is 5.11 Å². The fraction of sp³-hybridized carbons (Fsp3) is 0.923. The molecule has 16 heavy (non-hydrogen) atoms. The van der Waals surface area contributed by atoms with Crippen molar-refractivity contribution >= 4 is 5.91 Å². The van der Waals surface area contributed by atoms with E-state index in [1.165, 1.54) is 0 Å². The molecule has 0 saturated carbocycles. The highest BCUT2D eigenvalue weighted by atomic mass is 16.3. The molecule has 1 amide bonds. The van der Waals surface area contributed by atoms with Crippen molar-refractivity contribution in [2.24, 2.45) is 17.8 Å². The van der Waals surface area contributed by atoms with E-state index in [9.17, 15) is 4.79 Å². The number of amides is 1. The minimum Gasteiger partial charge on any atom is -0.396 e. The SMILES string of the molecule is CCC(C)C(C)C(=O)N1CCC(CO)CC1. The molecule has 0 bridgehead atoms. The Kier molecular flexibility index (Phi) is 5.26. The standard InChI is InChI=1S/C13H25NO2/c1-4-10(2)11(3)13(16)14-7-5-12(9-15)6-8-14/h10-12,15H,4-9H2,1-3H3. The molecule has 0 aromatic heterocycles. The Balaban J connectivity index is 2.44. The average molecular weight is 227 g/mol. The van der Waals surface area contributed by atoms with Crippen LogP contribution in [0.25, 0.3) is 0 Å². The maximum atomic E-state index is 12.2. The third-order valence-corrected chi connectivity index (χ3v) is 4.07. The lowest BCUT2D eigenvalue weighted by Gasteiger charge is -2.34. The summed E-state index contributed by atoms with van der Waals surface area (Å²) in [5, 5.41) is 9.05. The van der Waals surface area contributed by atoms with Gasteiger partial charge in [-0.3, -0.25) is 4.79 Å². The summed E-state index contributed by atoms with van der Waals surface area (Å²) in [6.07, 6.45) is 2.96. The Labute approximate surface area is 98.8 Å². The van der Waals surface area contributed by atoms with Gasteiger partial charge in [0.05, 0.1) is 0 Å². The van der Waals surface area contributed by atoms with Crippen LogP contribution in [0.1, 0.15) is 40.0 Å². The van der Waals surface area contributed by atoms with E-state index < -0.39 is 0 Å². The molecule has 0 radical (unpaired) electrons. The fourth-order valence-corrected chi connectivity index (χ4v) is 2.22. The van der Waals surface area contributed by atoms with Crippen molar-refractivity contribution in [3.8, 4) is 0 Å². The van der Waals surface area contributed by atoms with Crippen molar-refractivity contribution in [2.75, 3.05) is 19.7 Å². The predicted octanol–water partition coefficient (Wildman–Crippen LogP) is 1.90. The molecule has 2 unspecified atom stereocenters. The molecule has 94 valence electrons. The van der Waals surface area contributed by atoms with E-state index in [0.717, 1.165) is 32.4 Å². The fourth-order valence-electron chi connectivity index (χ4n) is 2.22. The monoisotopic (exact) mass is 227 g/mol. The molecule has 0 aromatic rings. The summed E-state index contributed by atoms with van der Waals surface area (Å²) in [5.41, 5.74) is 0. The molecule has 1 rings (SSSR count). The molecule has 0 aromatic carbocycles. The first-order chi connectivity index (χ1) is 7.60. The van der Waals surface area contributed by atoms with Gasteiger partial charge in [0.1, 0.15) is 0 Å². The number of aliphatic hydroxyl groups is 1. The molecule has 0 aliphatic carbocycles. The molecule has 1 heterocycles. The zero-order valence-corrected chi connectivity index (χ0v) is 10.8. The minimum atomic E-state index is 0.135. The van der Waals surface area contributed by atoms with Crippen LogP contribution in [0.4, 0.5) is 0 Å². The lowest BCUT2D eigenvalue weighted by atomic mass is 9.90. The van der Waals surface area contributed by atoms with E-state index in [0.29, 0.717) is 17.7 Å². The van der Waals surface area contributed by atoms with Gasteiger partial charge >= 0.3 is 0 Å². The second-order valence-electron chi connectivity index (χ2n) is 5.13. The number of rotatable bonds is 4. The summed E-state index contributed by atoms with van der Waals surface area (Å²) in [7, 11) is 0. The molecule has 0 spiro atoms. The Bertz CT molecular complexity index is 222. The van der Waals surface area contributed by atoms with Gasteiger partial charge in [-0.25, -0.2) is 0 Å². The maximum absolute atomic E-state index is 12.2. The van der Waals surface area contributed by atoms with Gasteiger partial charge in [-0.05, 0) is 24.7 Å². The number of likely N-dealkylation sites (tertiary alicyclic amines) is 1. The van der Waals surface area contributed by atoms with Crippen molar-refractivity contribution in [1.29, 1.82) is 0 Å². The molecule has 1 saturated heterocycles. The van der Waals surface area contributed by atoms with Crippen LogP contribution >= 0.6 is 0 Å². The van der Waals surface area contributed by atoms with Gasteiger partial charge in [0.15, 0.2) is 0 Å². The Morgan fingerprint density at radius 1 is 1.38 bits per heavy atom. The highest BCUT2D eigenvalue weighted by Gasteiger charge is 2.27. The highest BCUT2D eigenvalue weighted by molar-refractivity contribution is 5.78. The van der Waals surface area contributed by atoms with E-state index in [1.807, 2.05) is 11.8 Å². The first-order valence-electron chi connectivity index (χ1n) is 6.49. The number of carbonyl (C=O) groups excluding carboxylic acids is 1. The molecule has 1 N–H and O–H groups in total. The van der Waals surface area contributed by atoms with Crippen LogP contribution in [-0.2, 0) is 4.79 Å². The topological polar surface area (TPSA) is 40.5 Å². The maximum Gasteiger partial charge on any atom is 0.225 e. The van der Waals surface area contributed by atoms with Crippen molar-refractivity contribution in [3.05, 3.63) is 0 Å². The van der Waals surface area contributed by atoms with E-state index in [-0.39, 0.29) is 12.5 Å². The number of carbonyl (C=O) groups is 1. The lowest BCUT2D eigenvalue weighted by Crippen LogP contribution is -2.43. The molecule has 1 aliphatic rings. The summed E-state index contributed by atoms with van der Waals surface area (Å²) in [6, 6.07) is 0. The van der Waals surface area contributed by atoms with Crippen LogP contribution < -0.4 is 0 Å². The quantitative estimate of drug-likeness (QED) is 0.797. The second-order valence-corrected chi connectivity index (χ2v) is 5.13. The first-order valence-corrected chi connectivity index (χ1v) is 6.49. The average Bonchev–Trinajstić information content (AvgIpc) is 2.36. The predicted molar refractivity (Wildman–Crippen MR) is 65.0 cm³/mol. The second kappa shape index (κ2) is 6.24. The largest absolute Gasteiger partial charge is 0.396 e. The number of hydrogen-bond acceptors (Lipinski definition) is 2. The van der Waals surface area contributed by atoms with Gasteiger partial charge in [-0.1, -0.05) is 27.2 Å². The van der Waals surface area contributed by atoms with E-state index in [2.05, 4.69) is 13.8 Å². The van der Waals surface area contributed by atoms with Gasteiger partial charge in [0.25, 0.3) is 0 Å². The summed E-state index contributed by atoms with van der Waals surface area (Å²) >= 11 is 0. The van der Waals surface area contributed by atoms with Crippen molar-refractivity contribution < 1.29 is 9.90 Å². The molecular weight excluding hydrogens is 202 g/mol. The van der Waals surface area contributed by atoms with Crippen molar-refractivity contribution in [3.63, 3.8) is 0 Å². The van der Waals surface area contributed by atoms with Crippen LogP contribution in [0.5, 0.6) is 0 Å². The van der Waals surface area contributed by atoms with Gasteiger partial charge in [-0.15, -0.1) is 0 Å². The van der Waals surface area contributed by atoms with Gasteiger partial charge in [-0.2, -0.15) is 0 Å². The highest BCUT2D eigenvalue weighted by Crippen LogP contribution is 2.22. The molecule has 3 heteroatoms. The smallest absolute Gasteiger partial charge is 0.225 e. The Morgan fingerprint density at radius 2 is 1.94 bits per heavy atom. The van der Waals surface area contributed by atoms with Gasteiger partial charge < -0.3 is 10.0 Å². The van der Waals surface area contributed by atoms with Crippen LogP contribution in [0, 0.1) is 17.8 Å². The van der Waals surface area contributed by atoms with Crippen molar-refractivity contribution in [1.82, 2.24) is 4.90 Å². The van der Waals surface area contributed by atoms with Gasteiger partial charge in [0, 0.05) is 25.6 Å². The van der Waals surface area contributed by atoms with Gasteiger partial charge in [0.2, 0.25) is 5.91 Å². The molecule has 1 aliphatic heterocycles. The number of hydrogen-bond donors (Lipinski definition) is 1. The molecular formula is C13H25NO2. The Morgan fingerprint density at radius 3 is 2.38 bits per heavy atom. The summed E-state index contributed by atoms with van der Waals surface area (Å²) in [6.45, 7) is 8.22. The first kappa shape index (κ1) is 13.5. The third-order valence-electron chi connectivity index (χ3n) is 4.07. The minimum absolute atomic E-state index is 0.135. The van der Waals surface area contributed by atoms with E-state index >= 15 is 0 Å². The number of piperidine rings is 1. The van der Waals surface area contributed by atoms with Crippen LogP contribution in [0.2, 0.25) is 0 Å². The van der Waals surface area contributed by atoms with Crippen LogP contribution in [0.3, 0.4) is 0 Å². The van der Waals surface area contributed by atoms with Crippen LogP contribution in [0.15, 0.2) is 0 Å². The normalized spacial score (nSPS) is 21.9. The number of aliphatic hydroxyl groups excluding tert-OH is 1. The molecule has 1 fully saturated rings. The Hall–Kier alpha value is -0.570.